The number of likely N-dealkylation sites (N-methyl/N-ethyl adjacent to an activating group) is 1. The summed E-state index contributed by atoms with van der Waals surface area (Å²) in [5, 5.41) is 17.5. The van der Waals surface area contributed by atoms with Crippen molar-refractivity contribution in [1.29, 1.82) is 0 Å². The van der Waals surface area contributed by atoms with Crippen molar-refractivity contribution < 1.29 is 14.7 Å². The number of amides is 2. The summed E-state index contributed by atoms with van der Waals surface area (Å²) in [7, 11) is 0. The zero-order valence-corrected chi connectivity index (χ0v) is 27.6. The quantitative estimate of drug-likeness (QED) is 0.144. The van der Waals surface area contributed by atoms with Gasteiger partial charge in [-0.2, -0.15) is 4.98 Å². The monoisotopic (exact) mass is 648 g/mol. The number of hydrogen-bond acceptors (Lipinski definition) is 6. The molecule has 236 valence electrons. The van der Waals surface area contributed by atoms with Crippen LogP contribution in [0.25, 0.3) is 0 Å². The van der Waals surface area contributed by atoms with Gasteiger partial charge >= 0.3 is 6.09 Å². The molecule has 9 nitrogen and oxygen atoms in total. The number of nitrogens with zero attached hydrogens (tertiary/aromatic N) is 4. The highest BCUT2D eigenvalue weighted by molar-refractivity contribution is 6.33. The summed E-state index contributed by atoms with van der Waals surface area (Å²) in [4.78, 5) is 38.0. The summed E-state index contributed by atoms with van der Waals surface area (Å²) in [6, 6.07) is 16.6. The second kappa shape index (κ2) is 15.2. The van der Waals surface area contributed by atoms with Crippen molar-refractivity contribution in [2.24, 2.45) is 0 Å². The number of aromatic nitrogens is 2. The first-order valence-electron chi connectivity index (χ1n) is 14.8. The van der Waals surface area contributed by atoms with Crippen LogP contribution in [-0.4, -0.2) is 58.2 Å². The van der Waals surface area contributed by atoms with E-state index in [1.807, 2.05) is 32.9 Å². The molecule has 0 aliphatic carbocycles. The van der Waals surface area contributed by atoms with Gasteiger partial charge in [0.25, 0.3) is 5.91 Å². The topological polar surface area (TPSA) is 111 Å². The molecule has 4 aromatic rings. The lowest BCUT2D eigenvalue weighted by molar-refractivity contribution is 0.0949. The number of carbonyl (C=O) groups excluding carboxylic acids is 1. The van der Waals surface area contributed by atoms with Gasteiger partial charge in [0.15, 0.2) is 0 Å². The Labute approximate surface area is 274 Å². The highest BCUT2D eigenvalue weighted by Gasteiger charge is 2.33. The first-order valence-corrected chi connectivity index (χ1v) is 15.5. The molecule has 0 saturated carbocycles. The van der Waals surface area contributed by atoms with Crippen LogP contribution in [0, 0.1) is 20.8 Å². The van der Waals surface area contributed by atoms with Crippen LogP contribution in [0.2, 0.25) is 10.0 Å². The summed E-state index contributed by atoms with van der Waals surface area (Å²) < 4.78 is 0. The number of hydrogen-bond donors (Lipinski definition) is 3. The van der Waals surface area contributed by atoms with Gasteiger partial charge in [-0.15, -0.1) is 0 Å². The van der Waals surface area contributed by atoms with E-state index in [1.54, 1.807) is 42.5 Å². The molecular formula is C34H38Cl2N6O3. The van der Waals surface area contributed by atoms with Gasteiger partial charge in [-0.3, -0.25) is 4.79 Å². The molecule has 4 rings (SSSR count). The van der Waals surface area contributed by atoms with E-state index in [0.717, 1.165) is 41.9 Å². The van der Waals surface area contributed by atoms with Crippen LogP contribution in [-0.2, 0) is 0 Å². The first-order chi connectivity index (χ1) is 21.5. The van der Waals surface area contributed by atoms with Gasteiger partial charge in [0.05, 0.1) is 6.04 Å². The Bertz CT molecular complexity index is 1640. The second-order valence-electron chi connectivity index (χ2n) is 10.8. The van der Waals surface area contributed by atoms with Crippen molar-refractivity contribution in [2.75, 3.05) is 36.4 Å². The molecule has 3 aromatic carbocycles. The van der Waals surface area contributed by atoms with Gasteiger partial charge in [0, 0.05) is 40.6 Å². The third-order valence-electron chi connectivity index (χ3n) is 7.63. The first kappa shape index (κ1) is 33.7. The Morgan fingerprint density at radius 1 is 0.933 bits per heavy atom. The van der Waals surface area contributed by atoms with Crippen molar-refractivity contribution in [3.05, 3.63) is 110 Å². The lowest BCUT2D eigenvalue weighted by Gasteiger charge is -2.32. The molecular weight excluding hydrogens is 611 g/mol. The number of carbonyl (C=O) groups is 2. The Hall–Kier alpha value is -4.18. The van der Waals surface area contributed by atoms with Crippen LogP contribution in [0.1, 0.15) is 58.1 Å². The molecule has 0 spiro atoms. The van der Waals surface area contributed by atoms with E-state index in [4.69, 9.17) is 23.2 Å². The molecule has 1 aromatic heterocycles. The Morgan fingerprint density at radius 3 is 2.22 bits per heavy atom. The molecule has 1 unspecified atom stereocenters. The number of anilines is 3. The average molecular weight is 650 g/mol. The predicted molar refractivity (Wildman–Crippen MR) is 181 cm³/mol. The minimum absolute atomic E-state index is 0.143. The van der Waals surface area contributed by atoms with Gasteiger partial charge in [-0.05, 0) is 105 Å². The SMILES string of the molecule is CCN(CC)CCNC(=O)c1ccc(Nc2nccc(N(C(=O)O)C(c3cc(Cl)ccc3Cl)c3c(C)cc(C)cc3C)n2)cc1. The number of nitrogens with one attached hydrogen (secondary N) is 2. The lowest BCUT2D eigenvalue weighted by atomic mass is 9.89. The molecule has 0 bridgehead atoms. The van der Waals surface area contributed by atoms with Crippen LogP contribution >= 0.6 is 23.2 Å². The van der Waals surface area contributed by atoms with Gasteiger partial charge in [-0.1, -0.05) is 54.7 Å². The van der Waals surface area contributed by atoms with Crippen LogP contribution in [0.5, 0.6) is 0 Å². The summed E-state index contributed by atoms with van der Waals surface area (Å²) in [6.07, 6.45) is 0.264. The maximum absolute atomic E-state index is 13.0. The number of rotatable bonds is 12. The third-order valence-corrected chi connectivity index (χ3v) is 8.21. The minimum atomic E-state index is -1.23. The smallest absolute Gasteiger partial charge is 0.413 e. The zero-order valence-electron chi connectivity index (χ0n) is 26.1. The maximum Gasteiger partial charge on any atom is 0.413 e. The molecule has 0 aliphatic rings. The standard InChI is InChI=1S/C34H38Cl2N6O3/c1-6-41(7-2)17-16-37-32(43)24-8-11-26(12-9-24)39-33-38-15-14-29(40-33)42(34(44)45)31(27-20-25(35)10-13-28(27)36)30-22(4)18-21(3)19-23(30)5/h8-15,18-20,31H,6-7,16-17H2,1-5H3,(H,37,43)(H,44,45)(H,38,39,40). The van der Waals surface area contributed by atoms with Crippen molar-refractivity contribution in [1.82, 2.24) is 20.2 Å². The van der Waals surface area contributed by atoms with Gasteiger partial charge < -0.3 is 20.6 Å². The van der Waals surface area contributed by atoms with Crippen molar-refractivity contribution in [2.45, 2.75) is 40.7 Å². The molecule has 0 saturated heterocycles. The van der Waals surface area contributed by atoms with Crippen molar-refractivity contribution in [3.8, 4) is 0 Å². The molecule has 3 N–H and O–H groups in total. The fourth-order valence-electron chi connectivity index (χ4n) is 5.46. The third kappa shape index (κ3) is 8.30. The van der Waals surface area contributed by atoms with Crippen LogP contribution in [0.3, 0.4) is 0 Å². The molecule has 1 heterocycles. The fraction of sp³-hybridized carbons (Fsp3) is 0.294. The maximum atomic E-state index is 13.0. The number of halogens is 2. The van der Waals surface area contributed by atoms with Gasteiger partial charge in [0.1, 0.15) is 5.82 Å². The largest absolute Gasteiger partial charge is 0.465 e. The molecule has 0 radical (unpaired) electrons. The predicted octanol–water partition coefficient (Wildman–Crippen LogP) is 7.80. The summed E-state index contributed by atoms with van der Waals surface area (Å²) in [6.45, 7) is 13.3. The Morgan fingerprint density at radius 2 is 1.60 bits per heavy atom. The summed E-state index contributed by atoms with van der Waals surface area (Å²) in [5.74, 6) is 0.171. The zero-order chi connectivity index (χ0) is 32.7. The van der Waals surface area contributed by atoms with Crippen LogP contribution in [0.4, 0.5) is 22.2 Å². The number of benzene rings is 3. The van der Waals surface area contributed by atoms with Gasteiger partial charge in [-0.25, -0.2) is 14.7 Å². The highest BCUT2D eigenvalue weighted by Crippen LogP contribution is 2.40. The normalized spacial score (nSPS) is 11.7. The summed E-state index contributed by atoms with van der Waals surface area (Å²) >= 11 is 13.1. The van der Waals surface area contributed by atoms with E-state index >= 15 is 0 Å². The van der Waals surface area contributed by atoms with Crippen LogP contribution < -0.4 is 15.5 Å². The van der Waals surface area contributed by atoms with E-state index in [9.17, 15) is 14.7 Å². The lowest BCUT2D eigenvalue weighted by Crippen LogP contribution is -2.36. The van der Waals surface area contributed by atoms with E-state index in [-0.39, 0.29) is 17.7 Å². The fourth-order valence-corrected chi connectivity index (χ4v) is 5.86. The van der Waals surface area contributed by atoms with Crippen molar-refractivity contribution in [3.63, 3.8) is 0 Å². The molecule has 0 aliphatic heterocycles. The Balaban J connectivity index is 1.64. The van der Waals surface area contributed by atoms with E-state index in [1.165, 1.54) is 17.2 Å². The molecule has 45 heavy (non-hydrogen) atoms. The van der Waals surface area contributed by atoms with E-state index in [2.05, 4.69) is 39.3 Å². The Kier molecular flexibility index (Phi) is 11.4. The van der Waals surface area contributed by atoms with E-state index < -0.39 is 12.1 Å². The average Bonchev–Trinajstić information content (AvgIpc) is 3.00. The number of aryl methyl sites for hydroxylation is 3. The molecule has 11 heteroatoms. The molecule has 2 amide bonds. The van der Waals surface area contributed by atoms with Crippen molar-refractivity contribution >= 4 is 52.7 Å². The van der Waals surface area contributed by atoms with E-state index in [0.29, 0.717) is 33.4 Å². The number of carboxylic acid groups (broad SMARTS) is 1. The van der Waals surface area contributed by atoms with Crippen LogP contribution in [0.15, 0.2) is 66.9 Å². The summed E-state index contributed by atoms with van der Waals surface area (Å²) in [5.41, 5.74) is 5.34. The molecule has 0 fully saturated rings. The second-order valence-corrected chi connectivity index (χ2v) is 11.6. The highest BCUT2D eigenvalue weighted by atomic mass is 35.5. The minimum Gasteiger partial charge on any atom is -0.465 e. The molecule has 1 atom stereocenters. The van der Waals surface area contributed by atoms with Gasteiger partial charge in [0.2, 0.25) is 5.95 Å².